The van der Waals surface area contributed by atoms with E-state index >= 15 is 0 Å². The second-order valence-corrected chi connectivity index (χ2v) is 4.00. The van der Waals surface area contributed by atoms with Crippen LogP contribution in [0.4, 0.5) is 11.9 Å². The Balaban J connectivity index is 2.02. The van der Waals surface area contributed by atoms with Crippen molar-refractivity contribution in [1.82, 2.24) is 15.2 Å². The van der Waals surface area contributed by atoms with Crippen LogP contribution in [0.1, 0.15) is 19.8 Å². The van der Waals surface area contributed by atoms with Crippen LogP contribution in [0, 0.1) is 0 Å². The molecule has 0 bridgehead atoms. The average molecular weight is 197 g/mol. The smallest absolute Gasteiger partial charge is 0.246 e. The van der Waals surface area contributed by atoms with Crippen LogP contribution in [-0.2, 0) is 0 Å². The molecule has 14 heavy (non-hydrogen) atoms. The lowest BCUT2D eigenvalue weighted by molar-refractivity contribution is 0.0349. The summed E-state index contributed by atoms with van der Waals surface area (Å²) >= 11 is 0. The predicted molar refractivity (Wildman–Crippen MR) is 52.9 cm³/mol. The van der Waals surface area contributed by atoms with Crippen molar-refractivity contribution >= 4 is 11.9 Å². The first kappa shape index (κ1) is 9.26. The molecule has 78 valence electrons. The minimum atomic E-state index is -0.543. The highest BCUT2D eigenvalue weighted by Gasteiger charge is 2.28. The van der Waals surface area contributed by atoms with Crippen molar-refractivity contribution in [3.05, 3.63) is 0 Å². The van der Waals surface area contributed by atoms with Gasteiger partial charge in [-0.2, -0.15) is 4.98 Å². The Labute approximate surface area is 82.1 Å². The largest absolute Gasteiger partial charge is 0.390 e. The number of aliphatic hydroxyl groups is 1. The number of nitrogens with one attached hydrogen (secondary N) is 1. The van der Waals surface area contributed by atoms with Crippen LogP contribution in [0.15, 0.2) is 0 Å². The van der Waals surface area contributed by atoms with Crippen molar-refractivity contribution in [2.75, 3.05) is 23.7 Å². The molecule has 0 unspecified atom stereocenters. The quantitative estimate of drug-likeness (QED) is 0.577. The minimum absolute atomic E-state index is 0.331. The van der Waals surface area contributed by atoms with E-state index in [1.165, 1.54) is 0 Å². The normalized spacial score (nSPS) is 21.1. The number of nitrogens with two attached hydrogens (primary N) is 1. The summed E-state index contributed by atoms with van der Waals surface area (Å²) < 4.78 is 0. The topological polar surface area (TPSA) is 91.1 Å². The lowest BCUT2D eigenvalue weighted by Gasteiger charge is -2.35. The van der Waals surface area contributed by atoms with Gasteiger partial charge in [0.15, 0.2) is 0 Å². The van der Waals surface area contributed by atoms with Gasteiger partial charge in [-0.1, -0.05) is 0 Å². The zero-order chi connectivity index (χ0) is 10.2. The molecule has 0 radical (unpaired) electrons. The summed E-state index contributed by atoms with van der Waals surface area (Å²) in [7, 11) is 0. The number of rotatable bonds is 1. The number of nitrogens with zero attached hydrogens (tertiary/aromatic N) is 3. The summed E-state index contributed by atoms with van der Waals surface area (Å²) in [5.74, 6) is 0.954. The van der Waals surface area contributed by atoms with Crippen molar-refractivity contribution < 1.29 is 5.11 Å². The molecule has 1 aliphatic heterocycles. The molecular formula is C8H15N5O. The number of hydrogen-bond donors (Lipinski definition) is 3. The molecule has 1 aliphatic rings. The number of nitrogen functional groups attached to an aromatic ring is 1. The summed E-state index contributed by atoms with van der Waals surface area (Å²) in [5, 5.41) is 16.3. The third-order valence-electron chi connectivity index (χ3n) is 2.61. The maximum Gasteiger partial charge on any atom is 0.246 e. The molecule has 0 aromatic carbocycles. The molecule has 1 aromatic rings. The van der Waals surface area contributed by atoms with E-state index < -0.39 is 5.60 Å². The molecule has 4 N–H and O–H groups in total. The Hall–Kier alpha value is -1.30. The molecule has 0 atom stereocenters. The first-order valence-electron chi connectivity index (χ1n) is 4.72. The van der Waals surface area contributed by atoms with Crippen LogP contribution in [0.2, 0.25) is 0 Å². The second-order valence-electron chi connectivity index (χ2n) is 4.00. The van der Waals surface area contributed by atoms with Crippen LogP contribution in [0.3, 0.4) is 0 Å². The highest BCUT2D eigenvalue weighted by molar-refractivity contribution is 5.34. The summed E-state index contributed by atoms with van der Waals surface area (Å²) in [4.78, 5) is 6.06. The standard InChI is InChI=1S/C8H15N5O/c1-8(14)2-4-13(5-3-8)7-10-6(9)11-12-7/h14H,2-5H2,1H3,(H3,9,10,11,12). The number of aromatic amines is 1. The van der Waals surface area contributed by atoms with E-state index in [0.29, 0.717) is 11.9 Å². The third kappa shape index (κ3) is 1.79. The average Bonchev–Trinajstić information content (AvgIpc) is 2.52. The third-order valence-corrected chi connectivity index (χ3v) is 2.61. The van der Waals surface area contributed by atoms with E-state index in [0.717, 1.165) is 25.9 Å². The number of aromatic nitrogens is 3. The molecule has 0 spiro atoms. The molecule has 1 aromatic heterocycles. The Morgan fingerprint density at radius 3 is 2.64 bits per heavy atom. The summed E-state index contributed by atoms with van der Waals surface area (Å²) in [6.45, 7) is 3.39. The molecule has 0 amide bonds. The molecule has 1 fully saturated rings. The van der Waals surface area contributed by atoms with E-state index in [-0.39, 0.29) is 0 Å². The maximum atomic E-state index is 9.74. The van der Waals surface area contributed by atoms with Crippen LogP contribution in [0.25, 0.3) is 0 Å². The van der Waals surface area contributed by atoms with Gasteiger partial charge in [0.25, 0.3) is 0 Å². The molecule has 0 saturated carbocycles. The van der Waals surface area contributed by atoms with Gasteiger partial charge < -0.3 is 15.7 Å². The first-order valence-corrected chi connectivity index (χ1v) is 4.72. The van der Waals surface area contributed by atoms with Crippen LogP contribution in [0.5, 0.6) is 0 Å². The lowest BCUT2D eigenvalue weighted by Crippen LogP contribution is -2.42. The van der Waals surface area contributed by atoms with Crippen LogP contribution < -0.4 is 10.6 Å². The Morgan fingerprint density at radius 1 is 1.50 bits per heavy atom. The number of anilines is 2. The molecule has 6 nitrogen and oxygen atoms in total. The molecule has 2 rings (SSSR count). The zero-order valence-corrected chi connectivity index (χ0v) is 8.19. The highest BCUT2D eigenvalue weighted by Crippen LogP contribution is 2.23. The summed E-state index contributed by atoms with van der Waals surface area (Å²) in [6.07, 6.45) is 1.48. The van der Waals surface area contributed by atoms with E-state index in [1.54, 1.807) is 0 Å². The van der Waals surface area contributed by atoms with E-state index in [9.17, 15) is 5.11 Å². The predicted octanol–water partition coefficient (Wildman–Crippen LogP) is -0.262. The monoisotopic (exact) mass is 197 g/mol. The van der Waals surface area contributed by atoms with Crippen molar-refractivity contribution in [3.63, 3.8) is 0 Å². The summed E-state index contributed by atoms with van der Waals surface area (Å²) in [5.41, 5.74) is 4.89. The molecular weight excluding hydrogens is 182 g/mol. The van der Waals surface area contributed by atoms with Crippen molar-refractivity contribution in [2.24, 2.45) is 0 Å². The molecule has 6 heteroatoms. The Morgan fingerprint density at radius 2 is 2.14 bits per heavy atom. The fourth-order valence-electron chi connectivity index (χ4n) is 1.59. The van der Waals surface area contributed by atoms with Gasteiger partial charge in [0.05, 0.1) is 5.60 Å². The number of piperidine rings is 1. The highest BCUT2D eigenvalue weighted by atomic mass is 16.3. The zero-order valence-electron chi connectivity index (χ0n) is 8.19. The summed E-state index contributed by atoms with van der Waals surface area (Å²) in [6, 6.07) is 0. The van der Waals surface area contributed by atoms with E-state index in [1.807, 2.05) is 11.8 Å². The molecule has 2 heterocycles. The van der Waals surface area contributed by atoms with Gasteiger partial charge in [-0.05, 0) is 19.8 Å². The fraction of sp³-hybridized carbons (Fsp3) is 0.750. The van der Waals surface area contributed by atoms with Gasteiger partial charge in [0, 0.05) is 13.1 Å². The number of hydrogen-bond acceptors (Lipinski definition) is 5. The molecule has 1 saturated heterocycles. The van der Waals surface area contributed by atoms with Gasteiger partial charge in [-0.15, -0.1) is 5.10 Å². The van der Waals surface area contributed by atoms with Crippen LogP contribution >= 0.6 is 0 Å². The van der Waals surface area contributed by atoms with E-state index in [4.69, 9.17) is 5.73 Å². The van der Waals surface area contributed by atoms with Gasteiger partial charge >= 0.3 is 0 Å². The van der Waals surface area contributed by atoms with Gasteiger partial charge in [0.1, 0.15) is 0 Å². The maximum absolute atomic E-state index is 9.74. The SMILES string of the molecule is CC1(O)CCN(c2n[nH]c(N)n2)CC1. The van der Waals surface area contributed by atoms with Crippen LogP contribution in [-0.4, -0.2) is 39.0 Å². The van der Waals surface area contributed by atoms with Gasteiger partial charge in [-0.25, -0.2) is 5.10 Å². The van der Waals surface area contributed by atoms with Gasteiger partial charge in [0.2, 0.25) is 11.9 Å². The fourth-order valence-corrected chi connectivity index (χ4v) is 1.59. The Kier molecular flexibility index (Phi) is 2.07. The number of H-pyrrole nitrogens is 1. The van der Waals surface area contributed by atoms with Crippen molar-refractivity contribution in [1.29, 1.82) is 0 Å². The lowest BCUT2D eigenvalue weighted by atomic mass is 9.94. The van der Waals surface area contributed by atoms with Crippen molar-refractivity contribution in [3.8, 4) is 0 Å². The van der Waals surface area contributed by atoms with E-state index in [2.05, 4.69) is 15.2 Å². The minimum Gasteiger partial charge on any atom is -0.390 e. The molecule has 0 aliphatic carbocycles. The van der Waals surface area contributed by atoms with Crippen molar-refractivity contribution in [2.45, 2.75) is 25.4 Å². The second kappa shape index (κ2) is 3.13. The first-order chi connectivity index (χ1) is 6.57. The van der Waals surface area contributed by atoms with Gasteiger partial charge in [-0.3, -0.25) is 0 Å². The Bertz CT molecular complexity index is 311.